The zero-order valence-electron chi connectivity index (χ0n) is 11.9. The number of hydrogen-bond donors (Lipinski definition) is 1. The molecule has 1 aliphatic carbocycles. The molecule has 1 N–H and O–H groups in total. The molecule has 1 aromatic carbocycles. The van der Waals surface area contributed by atoms with Crippen LogP contribution in [0.1, 0.15) is 39.3 Å². The molecule has 106 valence electrons. The molecule has 1 saturated carbocycles. The molecule has 1 aliphatic rings. The van der Waals surface area contributed by atoms with Gasteiger partial charge < -0.3 is 5.32 Å². The summed E-state index contributed by atoms with van der Waals surface area (Å²) in [4.78, 5) is 0. The Balaban J connectivity index is 2.43. The van der Waals surface area contributed by atoms with Gasteiger partial charge in [-0.15, -0.1) is 0 Å². The molecule has 0 heterocycles. The highest BCUT2D eigenvalue weighted by molar-refractivity contribution is 5.29. The summed E-state index contributed by atoms with van der Waals surface area (Å²) in [6.45, 7) is 8.44. The average molecular weight is 271 g/mol. The van der Waals surface area contributed by atoms with E-state index in [-0.39, 0.29) is 28.4 Å². The van der Waals surface area contributed by atoms with Crippen molar-refractivity contribution in [3.8, 4) is 0 Å². The molecule has 0 bridgehead atoms. The van der Waals surface area contributed by atoms with Gasteiger partial charge in [-0.05, 0) is 29.9 Å². The molecule has 1 fully saturated rings. The summed E-state index contributed by atoms with van der Waals surface area (Å²) in [6.07, 6.45) is 0. The Morgan fingerprint density at radius 3 is 1.84 bits per heavy atom. The summed E-state index contributed by atoms with van der Waals surface area (Å²) in [5, 5.41) is 3.05. The van der Waals surface area contributed by atoms with Gasteiger partial charge in [-0.25, -0.2) is 13.2 Å². The largest absolute Gasteiger partial charge is 0.313 e. The predicted molar refractivity (Wildman–Crippen MR) is 69.2 cm³/mol. The third kappa shape index (κ3) is 1.97. The second-order valence-corrected chi connectivity index (χ2v) is 6.48. The van der Waals surface area contributed by atoms with E-state index in [4.69, 9.17) is 0 Å². The van der Waals surface area contributed by atoms with Crippen molar-refractivity contribution < 1.29 is 13.2 Å². The van der Waals surface area contributed by atoms with Gasteiger partial charge in [0.1, 0.15) is 5.82 Å². The van der Waals surface area contributed by atoms with E-state index in [9.17, 15) is 13.2 Å². The molecule has 0 saturated heterocycles. The van der Waals surface area contributed by atoms with Crippen LogP contribution in [-0.2, 0) is 0 Å². The Morgan fingerprint density at radius 1 is 0.947 bits per heavy atom. The number of benzene rings is 1. The van der Waals surface area contributed by atoms with Crippen LogP contribution in [0.4, 0.5) is 13.2 Å². The van der Waals surface area contributed by atoms with Gasteiger partial charge in [0.25, 0.3) is 0 Å². The van der Waals surface area contributed by atoms with Crippen LogP contribution in [0.15, 0.2) is 12.1 Å². The molecule has 0 spiro atoms. The fraction of sp³-hybridized carbons (Fsp3) is 0.600. The molecule has 1 atom stereocenters. The van der Waals surface area contributed by atoms with Crippen LogP contribution in [0.5, 0.6) is 0 Å². The Kier molecular flexibility index (Phi) is 3.21. The van der Waals surface area contributed by atoms with Gasteiger partial charge in [-0.1, -0.05) is 27.7 Å². The molecule has 0 aliphatic heterocycles. The second kappa shape index (κ2) is 4.23. The lowest BCUT2D eigenvalue weighted by atomic mass is 9.96. The summed E-state index contributed by atoms with van der Waals surface area (Å²) < 4.78 is 40.3. The van der Waals surface area contributed by atoms with Gasteiger partial charge in [0, 0.05) is 17.7 Å². The summed E-state index contributed by atoms with van der Waals surface area (Å²) in [7, 11) is 1.72. The van der Waals surface area contributed by atoms with E-state index in [1.807, 2.05) is 0 Å². The number of nitrogens with one attached hydrogen (secondary N) is 1. The maximum Gasteiger partial charge on any atom is 0.161 e. The van der Waals surface area contributed by atoms with Gasteiger partial charge in [0.05, 0.1) is 0 Å². The van der Waals surface area contributed by atoms with Crippen molar-refractivity contribution in [2.75, 3.05) is 7.05 Å². The number of hydrogen-bond acceptors (Lipinski definition) is 1. The van der Waals surface area contributed by atoms with E-state index in [2.05, 4.69) is 33.0 Å². The Bertz CT molecular complexity index is 494. The van der Waals surface area contributed by atoms with Crippen molar-refractivity contribution in [1.82, 2.24) is 5.32 Å². The molecule has 1 nitrogen and oxygen atoms in total. The fourth-order valence-electron chi connectivity index (χ4n) is 3.36. The summed E-state index contributed by atoms with van der Waals surface area (Å²) >= 11 is 0. The molecular formula is C15H20F3N. The highest BCUT2D eigenvalue weighted by Gasteiger charge is 2.67. The first-order valence-electron chi connectivity index (χ1n) is 6.46. The standard InChI is InChI=1S/C15H20F3N/c1-14(2)13(15(14,3)4)12(19-5)8-6-10(17)11(18)7-9(8)16/h6-7,12-13,19H,1-5H3. The molecule has 0 amide bonds. The number of halogens is 3. The van der Waals surface area contributed by atoms with Gasteiger partial charge >= 0.3 is 0 Å². The van der Waals surface area contributed by atoms with Crippen molar-refractivity contribution in [3.63, 3.8) is 0 Å². The van der Waals surface area contributed by atoms with Crippen LogP contribution in [0.2, 0.25) is 0 Å². The minimum absolute atomic E-state index is 0.0258. The topological polar surface area (TPSA) is 12.0 Å². The number of rotatable bonds is 3. The maximum absolute atomic E-state index is 13.9. The zero-order valence-corrected chi connectivity index (χ0v) is 11.9. The van der Waals surface area contributed by atoms with E-state index in [1.54, 1.807) is 7.05 Å². The zero-order chi connectivity index (χ0) is 14.6. The molecular weight excluding hydrogens is 251 g/mol. The van der Waals surface area contributed by atoms with Crippen LogP contribution in [0.25, 0.3) is 0 Å². The molecule has 1 aromatic rings. The van der Waals surface area contributed by atoms with Crippen molar-refractivity contribution in [3.05, 3.63) is 35.1 Å². The van der Waals surface area contributed by atoms with Crippen LogP contribution in [0.3, 0.4) is 0 Å². The van der Waals surface area contributed by atoms with E-state index in [0.717, 1.165) is 6.07 Å². The van der Waals surface area contributed by atoms with Crippen LogP contribution < -0.4 is 5.32 Å². The van der Waals surface area contributed by atoms with Crippen LogP contribution in [0, 0.1) is 34.2 Å². The molecule has 1 unspecified atom stereocenters. The smallest absolute Gasteiger partial charge is 0.161 e. The molecule has 4 heteroatoms. The Labute approximate surface area is 112 Å². The van der Waals surface area contributed by atoms with Crippen molar-refractivity contribution in [1.29, 1.82) is 0 Å². The van der Waals surface area contributed by atoms with E-state index in [0.29, 0.717) is 6.07 Å². The summed E-state index contributed by atoms with van der Waals surface area (Å²) in [5.74, 6) is -2.68. The van der Waals surface area contributed by atoms with Crippen LogP contribution in [-0.4, -0.2) is 7.05 Å². The normalized spacial score (nSPS) is 22.3. The van der Waals surface area contributed by atoms with E-state index >= 15 is 0 Å². The lowest BCUT2D eigenvalue weighted by molar-refractivity contribution is 0.411. The first-order valence-corrected chi connectivity index (χ1v) is 6.46. The van der Waals surface area contributed by atoms with Gasteiger partial charge in [0.15, 0.2) is 11.6 Å². The minimum atomic E-state index is -1.15. The first-order chi connectivity index (χ1) is 8.64. The lowest BCUT2D eigenvalue weighted by Gasteiger charge is -2.20. The quantitative estimate of drug-likeness (QED) is 0.818. The SMILES string of the molecule is CNC(c1cc(F)c(F)cc1F)C1C(C)(C)C1(C)C. The summed E-state index contributed by atoms with van der Waals surface area (Å²) in [5.41, 5.74) is 0.251. The monoisotopic (exact) mass is 271 g/mol. The minimum Gasteiger partial charge on any atom is -0.313 e. The van der Waals surface area contributed by atoms with Gasteiger partial charge in [-0.3, -0.25) is 0 Å². The highest BCUT2D eigenvalue weighted by atomic mass is 19.2. The Morgan fingerprint density at radius 2 is 1.42 bits per heavy atom. The van der Waals surface area contributed by atoms with Gasteiger partial charge in [0.2, 0.25) is 0 Å². The van der Waals surface area contributed by atoms with Crippen molar-refractivity contribution in [2.45, 2.75) is 33.7 Å². The summed E-state index contributed by atoms with van der Waals surface area (Å²) in [6, 6.07) is 1.27. The Hall–Kier alpha value is -1.03. The second-order valence-electron chi connectivity index (χ2n) is 6.48. The highest BCUT2D eigenvalue weighted by Crippen LogP contribution is 2.72. The molecule has 2 rings (SSSR count). The fourth-order valence-corrected chi connectivity index (χ4v) is 3.36. The molecule has 0 aromatic heterocycles. The van der Waals surface area contributed by atoms with Crippen LogP contribution >= 0.6 is 0 Å². The van der Waals surface area contributed by atoms with E-state index in [1.165, 1.54) is 0 Å². The average Bonchev–Trinajstić information content (AvgIpc) is 2.69. The molecule has 0 radical (unpaired) electrons. The first kappa shape index (κ1) is 14.4. The van der Waals surface area contributed by atoms with E-state index < -0.39 is 17.5 Å². The molecule has 19 heavy (non-hydrogen) atoms. The van der Waals surface area contributed by atoms with Gasteiger partial charge in [-0.2, -0.15) is 0 Å². The maximum atomic E-state index is 13.9. The third-order valence-electron chi connectivity index (χ3n) is 5.15. The third-order valence-corrected chi connectivity index (χ3v) is 5.15. The van der Waals surface area contributed by atoms with Crippen molar-refractivity contribution in [2.24, 2.45) is 16.7 Å². The van der Waals surface area contributed by atoms with Crippen molar-refractivity contribution >= 4 is 0 Å². The predicted octanol–water partition coefficient (Wildman–Crippen LogP) is 4.05. The lowest BCUT2D eigenvalue weighted by Crippen LogP contribution is -2.23.